The van der Waals surface area contributed by atoms with Gasteiger partial charge in [-0.05, 0) is 31.5 Å². The second kappa shape index (κ2) is 8.23. The Morgan fingerprint density at radius 1 is 1.06 bits per heavy atom. The number of nitrogens with one attached hydrogen (secondary N) is 1. The van der Waals surface area contributed by atoms with Crippen molar-refractivity contribution in [3.63, 3.8) is 0 Å². The molecule has 0 radical (unpaired) electrons. The lowest BCUT2D eigenvalue weighted by molar-refractivity contribution is -0.155. The number of imide groups is 1. The van der Waals surface area contributed by atoms with Crippen LogP contribution in [0.1, 0.15) is 38.3 Å². The van der Waals surface area contributed by atoms with Crippen molar-refractivity contribution in [2.45, 2.75) is 38.3 Å². The number of rotatable bonds is 6. The van der Waals surface area contributed by atoms with Crippen LogP contribution in [0, 0.1) is 17.7 Å². The smallest absolute Gasteiger partial charge is 0.327 e. The molecule has 2 aliphatic rings. The van der Waals surface area contributed by atoms with Gasteiger partial charge < -0.3 is 4.74 Å². The lowest BCUT2D eigenvalue weighted by Crippen LogP contribution is -2.56. The molecule has 0 unspecified atom stereocenters. The minimum Gasteiger partial charge on any atom is -0.465 e. The summed E-state index contributed by atoms with van der Waals surface area (Å²) in [4.78, 5) is 41.5. The van der Waals surface area contributed by atoms with Crippen molar-refractivity contribution in [2.75, 3.05) is 11.5 Å². The maximum atomic E-state index is 14.8. The van der Waals surface area contributed by atoms with Crippen LogP contribution in [0.5, 0.6) is 0 Å². The molecule has 2 fully saturated rings. The van der Waals surface area contributed by atoms with Gasteiger partial charge in [0.2, 0.25) is 11.8 Å². The number of amides is 2. The van der Waals surface area contributed by atoms with E-state index in [9.17, 15) is 18.8 Å². The first kappa shape index (κ1) is 21.2. The highest BCUT2D eigenvalue weighted by atomic mass is 19.1. The van der Waals surface area contributed by atoms with Crippen LogP contribution in [0.3, 0.4) is 0 Å². The summed E-state index contributed by atoms with van der Waals surface area (Å²) in [6.45, 7) is 3.72. The van der Waals surface area contributed by atoms with Gasteiger partial charge in [-0.15, -0.1) is 0 Å². The summed E-state index contributed by atoms with van der Waals surface area (Å²) < 4.78 is 20.1. The number of anilines is 1. The average molecular weight is 424 g/mol. The molecule has 2 saturated heterocycles. The minimum absolute atomic E-state index is 0.137. The number of hydrogen-bond donors (Lipinski definition) is 1. The number of halogens is 1. The van der Waals surface area contributed by atoms with E-state index in [0.717, 1.165) is 4.90 Å². The molecular weight excluding hydrogens is 399 g/mol. The lowest BCUT2D eigenvalue weighted by atomic mass is 9.77. The molecule has 162 valence electrons. The fourth-order valence-corrected chi connectivity index (χ4v) is 5.00. The fraction of sp³-hybridized carbons (Fsp3) is 0.375. The van der Waals surface area contributed by atoms with Gasteiger partial charge in [-0.1, -0.05) is 49.7 Å². The molecule has 0 bridgehead atoms. The van der Waals surface area contributed by atoms with Crippen molar-refractivity contribution in [1.29, 1.82) is 0 Å². The van der Waals surface area contributed by atoms with E-state index in [1.165, 1.54) is 6.07 Å². The first-order valence-corrected chi connectivity index (χ1v) is 10.6. The third-order valence-electron chi connectivity index (χ3n) is 6.19. The zero-order valence-electron chi connectivity index (χ0n) is 17.5. The second-order valence-electron chi connectivity index (χ2n) is 7.94. The van der Waals surface area contributed by atoms with Crippen LogP contribution in [0.2, 0.25) is 0 Å². The van der Waals surface area contributed by atoms with E-state index in [2.05, 4.69) is 5.32 Å². The predicted octanol–water partition coefficient (Wildman–Crippen LogP) is 3.38. The maximum absolute atomic E-state index is 14.8. The molecule has 2 aromatic rings. The number of carbonyl (C=O) groups is 3. The summed E-state index contributed by atoms with van der Waals surface area (Å²) in [5, 5.41) is 3.20. The van der Waals surface area contributed by atoms with Crippen LogP contribution in [-0.2, 0) is 19.1 Å². The van der Waals surface area contributed by atoms with Crippen LogP contribution in [0.4, 0.5) is 10.1 Å². The number of fused-ring (bicyclic) bond motifs is 1. The molecule has 0 aliphatic carbocycles. The van der Waals surface area contributed by atoms with Crippen LogP contribution in [-0.4, -0.2) is 29.9 Å². The Labute approximate surface area is 180 Å². The van der Waals surface area contributed by atoms with Gasteiger partial charge in [0.05, 0.1) is 24.1 Å². The van der Waals surface area contributed by atoms with Crippen LogP contribution in [0.15, 0.2) is 54.6 Å². The van der Waals surface area contributed by atoms with E-state index in [-0.39, 0.29) is 12.2 Å². The monoisotopic (exact) mass is 424 g/mol. The Morgan fingerprint density at radius 3 is 2.39 bits per heavy atom. The van der Waals surface area contributed by atoms with Gasteiger partial charge in [0.1, 0.15) is 11.4 Å². The molecular formula is C24H25FN2O4. The first-order chi connectivity index (χ1) is 15.0. The van der Waals surface area contributed by atoms with Gasteiger partial charge in [0, 0.05) is 11.6 Å². The first-order valence-electron chi connectivity index (χ1n) is 10.6. The maximum Gasteiger partial charge on any atom is 0.327 e. The Balaban J connectivity index is 1.88. The Bertz CT molecular complexity index is 1010. The van der Waals surface area contributed by atoms with Crippen LogP contribution < -0.4 is 10.2 Å². The zero-order valence-corrected chi connectivity index (χ0v) is 17.5. The lowest BCUT2D eigenvalue weighted by Gasteiger charge is -2.32. The van der Waals surface area contributed by atoms with Crippen LogP contribution >= 0.6 is 0 Å². The normalized spacial score (nSPS) is 27.5. The van der Waals surface area contributed by atoms with Crippen molar-refractivity contribution in [3.8, 4) is 0 Å². The highest BCUT2D eigenvalue weighted by Gasteiger charge is 2.68. The number of benzene rings is 2. The molecule has 4 atom stereocenters. The second-order valence-corrected chi connectivity index (χ2v) is 7.94. The average Bonchev–Trinajstić information content (AvgIpc) is 3.24. The molecule has 0 saturated carbocycles. The molecule has 2 heterocycles. The third-order valence-corrected chi connectivity index (χ3v) is 6.19. The Hall–Kier alpha value is -3.06. The van der Waals surface area contributed by atoms with Gasteiger partial charge in [-0.25, -0.2) is 9.29 Å². The van der Waals surface area contributed by atoms with E-state index >= 15 is 0 Å². The van der Waals surface area contributed by atoms with E-state index < -0.39 is 47.0 Å². The third kappa shape index (κ3) is 3.24. The molecule has 0 spiro atoms. The summed E-state index contributed by atoms with van der Waals surface area (Å²) in [7, 11) is 0. The molecule has 0 aromatic heterocycles. The highest BCUT2D eigenvalue weighted by Crippen LogP contribution is 2.51. The van der Waals surface area contributed by atoms with E-state index in [1.54, 1.807) is 55.5 Å². The molecule has 2 aliphatic heterocycles. The van der Waals surface area contributed by atoms with Crippen molar-refractivity contribution in [3.05, 3.63) is 66.0 Å². The van der Waals surface area contributed by atoms with E-state index in [4.69, 9.17) is 4.74 Å². The molecule has 2 aromatic carbocycles. The van der Waals surface area contributed by atoms with Gasteiger partial charge >= 0.3 is 5.97 Å². The van der Waals surface area contributed by atoms with E-state index in [1.807, 2.05) is 6.92 Å². The summed E-state index contributed by atoms with van der Waals surface area (Å²) in [6.07, 6.45) is 0.867. The van der Waals surface area contributed by atoms with Crippen molar-refractivity contribution in [2.24, 2.45) is 11.8 Å². The number of hydrogen-bond acceptors (Lipinski definition) is 5. The topological polar surface area (TPSA) is 75.7 Å². The molecule has 6 nitrogen and oxygen atoms in total. The molecule has 7 heteroatoms. The largest absolute Gasteiger partial charge is 0.465 e. The molecule has 4 rings (SSSR count). The molecule has 2 amide bonds. The molecule has 1 N–H and O–H groups in total. The fourth-order valence-electron chi connectivity index (χ4n) is 5.00. The number of ether oxygens (including phenoxy) is 1. The van der Waals surface area contributed by atoms with Gasteiger partial charge in [-0.3, -0.25) is 19.7 Å². The number of carbonyl (C=O) groups excluding carboxylic acids is 3. The summed E-state index contributed by atoms with van der Waals surface area (Å²) in [6, 6.07) is 13.9. The van der Waals surface area contributed by atoms with Crippen LogP contribution in [0.25, 0.3) is 0 Å². The van der Waals surface area contributed by atoms with E-state index in [0.29, 0.717) is 18.5 Å². The Kier molecular flexibility index (Phi) is 5.62. The Morgan fingerprint density at radius 2 is 1.74 bits per heavy atom. The van der Waals surface area contributed by atoms with Crippen molar-refractivity contribution in [1.82, 2.24) is 5.32 Å². The standard InChI is InChI=1S/C24H25FN2O4/c1-3-14-24(23(30)31-4-2)19-18(20(26-24)16-12-8-9-13-17(16)25)21(28)27(22(19)29)15-10-6-5-7-11-15/h5-13,18-20,26H,3-4,14H2,1-2H3/t18-,19-,20-,24-/m0/s1. The zero-order chi connectivity index (χ0) is 22.2. The minimum atomic E-state index is -1.40. The molecule has 31 heavy (non-hydrogen) atoms. The summed E-state index contributed by atoms with van der Waals surface area (Å²) >= 11 is 0. The van der Waals surface area contributed by atoms with Crippen molar-refractivity contribution < 1.29 is 23.5 Å². The highest BCUT2D eigenvalue weighted by molar-refractivity contribution is 6.24. The number of nitrogens with zero attached hydrogens (tertiary/aromatic N) is 1. The number of esters is 1. The van der Waals surface area contributed by atoms with Gasteiger partial charge in [0.25, 0.3) is 0 Å². The SMILES string of the molecule is CCC[C@]1(C(=O)OCC)N[C@@H](c2ccccc2F)[C@H]2C(=O)N(c3ccccc3)C(=O)[C@H]21. The summed E-state index contributed by atoms with van der Waals surface area (Å²) in [5.74, 6) is -3.88. The number of para-hydroxylation sites is 1. The quantitative estimate of drug-likeness (QED) is 0.568. The van der Waals surface area contributed by atoms with Gasteiger partial charge in [0.15, 0.2) is 0 Å². The summed E-state index contributed by atoms with van der Waals surface area (Å²) in [5.41, 5.74) is -0.706. The van der Waals surface area contributed by atoms with Gasteiger partial charge in [-0.2, -0.15) is 0 Å². The van der Waals surface area contributed by atoms with Crippen molar-refractivity contribution >= 4 is 23.5 Å². The predicted molar refractivity (Wildman–Crippen MR) is 112 cm³/mol.